The first-order chi connectivity index (χ1) is 55.4. The van der Waals surface area contributed by atoms with Gasteiger partial charge in [0.15, 0.2) is 0 Å². The fourth-order valence-corrected chi connectivity index (χ4v) is 15.8. The van der Waals surface area contributed by atoms with Gasteiger partial charge in [-0.25, -0.2) is 0 Å². The summed E-state index contributed by atoms with van der Waals surface area (Å²) in [6, 6.07) is 0. The molecule has 0 aliphatic carbocycles. The first kappa shape index (κ1) is 110. The predicted molar refractivity (Wildman–Crippen MR) is 477 cm³/mol. The van der Waals surface area contributed by atoms with E-state index in [0.717, 1.165) is 271 Å². The van der Waals surface area contributed by atoms with E-state index in [4.69, 9.17) is 28.4 Å². The molecule has 2 atom stereocenters. The number of esters is 5. The van der Waals surface area contributed by atoms with Crippen molar-refractivity contribution >= 4 is 36.1 Å². The van der Waals surface area contributed by atoms with Crippen LogP contribution in [0.4, 0.5) is 0 Å². The zero-order valence-electron chi connectivity index (χ0n) is 76.2. The average molecular weight is 1600 g/mol. The second kappa shape index (κ2) is 89.7. The monoisotopic (exact) mass is 1600 g/mol. The van der Waals surface area contributed by atoms with Gasteiger partial charge in [0.25, 0.3) is 0 Å². The summed E-state index contributed by atoms with van der Waals surface area (Å²) in [6.07, 6.45) is 80.3. The molecule has 0 aliphatic heterocycles. The highest BCUT2D eigenvalue weighted by Gasteiger charge is 2.20. The molecule has 0 heterocycles. The van der Waals surface area contributed by atoms with E-state index in [1.54, 1.807) is 0 Å². The molecule has 0 aliphatic rings. The Morgan fingerprint density at radius 3 is 0.770 bits per heavy atom. The molecular formula is C99H190N2O12. The maximum atomic E-state index is 13.2. The van der Waals surface area contributed by atoms with Crippen molar-refractivity contribution in [1.29, 1.82) is 0 Å². The molecule has 0 aromatic carbocycles. The third-order valence-electron chi connectivity index (χ3n) is 23.1. The Hall–Kier alpha value is -3.10. The van der Waals surface area contributed by atoms with Crippen LogP contribution in [-0.2, 0) is 57.2 Å². The average Bonchev–Trinajstić information content (AvgIpc) is 0.971. The van der Waals surface area contributed by atoms with Crippen LogP contribution in [0.15, 0.2) is 0 Å². The Bertz CT molecular complexity index is 1990. The zero-order valence-corrected chi connectivity index (χ0v) is 76.2. The number of unbranched alkanes of at least 4 members (excludes halogenated alkanes) is 51. The van der Waals surface area contributed by atoms with Gasteiger partial charge >= 0.3 is 29.8 Å². The van der Waals surface area contributed by atoms with Gasteiger partial charge < -0.3 is 43.0 Å². The van der Waals surface area contributed by atoms with Crippen molar-refractivity contribution in [1.82, 2.24) is 9.80 Å². The summed E-state index contributed by atoms with van der Waals surface area (Å²) in [4.78, 5) is 80.8. The number of rotatable bonds is 94. The summed E-state index contributed by atoms with van der Waals surface area (Å²) in [5, 5.41) is 0. The molecule has 0 fully saturated rings. The molecule has 14 nitrogen and oxygen atoms in total. The Kier molecular flexibility index (Phi) is 87.2. The summed E-state index contributed by atoms with van der Waals surface area (Å²) in [5.74, 6) is -0.436. The maximum absolute atomic E-state index is 13.2. The van der Waals surface area contributed by atoms with E-state index in [1.165, 1.54) is 212 Å². The zero-order chi connectivity index (χ0) is 82.3. The normalized spacial score (nSPS) is 12.2. The van der Waals surface area contributed by atoms with Gasteiger partial charge in [-0.05, 0) is 201 Å². The van der Waals surface area contributed by atoms with Crippen molar-refractivity contribution in [3.63, 3.8) is 0 Å². The lowest BCUT2D eigenvalue weighted by Gasteiger charge is -2.23. The van der Waals surface area contributed by atoms with E-state index in [-0.39, 0.29) is 54.3 Å². The van der Waals surface area contributed by atoms with Crippen LogP contribution in [0, 0.1) is 0 Å². The van der Waals surface area contributed by atoms with Crippen molar-refractivity contribution < 1.29 is 57.2 Å². The van der Waals surface area contributed by atoms with Gasteiger partial charge in [0.1, 0.15) is 30.7 Å². The first-order valence-corrected chi connectivity index (χ1v) is 49.8. The van der Waals surface area contributed by atoms with E-state index in [1.807, 2.05) is 13.8 Å². The second-order valence-corrected chi connectivity index (χ2v) is 34.6. The minimum atomic E-state index is -0.354. The van der Waals surface area contributed by atoms with E-state index < -0.39 is 0 Å². The van der Waals surface area contributed by atoms with Crippen LogP contribution in [0.2, 0.25) is 0 Å². The molecule has 0 bridgehead atoms. The molecule has 0 saturated heterocycles. The summed E-state index contributed by atoms with van der Waals surface area (Å²) in [7, 11) is 0. The van der Waals surface area contributed by atoms with Crippen molar-refractivity contribution in [3.05, 3.63) is 0 Å². The van der Waals surface area contributed by atoms with Crippen LogP contribution < -0.4 is 0 Å². The van der Waals surface area contributed by atoms with Crippen molar-refractivity contribution in [2.45, 2.75) is 542 Å². The molecule has 0 radical (unpaired) electrons. The van der Waals surface area contributed by atoms with Gasteiger partial charge in [-0.3, -0.25) is 24.0 Å². The highest BCUT2D eigenvalue weighted by atomic mass is 16.6. The number of ether oxygens (including phenoxy) is 6. The molecule has 0 N–H and O–H groups in total. The minimum absolute atomic E-state index is 0.00140. The smallest absolute Gasteiger partial charge is 0.306 e. The summed E-state index contributed by atoms with van der Waals surface area (Å²) >= 11 is 0. The van der Waals surface area contributed by atoms with Gasteiger partial charge in [-0.15, -0.1) is 0 Å². The van der Waals surface area contributed by atoms with Crippen LogP contribution in [0.25, 0.3) is 0 Å². The lowest BCUT2D eigenvalue weighted by atomic mass is 10.0. The Labute approximate surface area is 700 Å². The SMILES string of the molecule is CCCCCCCCCOC(=O)CCCCCCCN(CCCCCCCC(=O)OC(CCCCCCCC)CCCCCCCC)CCCCC(=O)OC(C)CC(C)OC(=O)CCCCN(CCCCCCCCOCCCCCCCCC=O)CCCCCCCC(=O)OC(CCCCCCCC)CCCCCCCC. The van der Waals surface area contributed by atoms with Crippen LogP contribution >= 0.6 is 0 Å². The number of hydrogen-bond acceptors (Lipinski definition) is 14. The number of hydrogen-bond donors (Lipinski definition) is 0. The van der Waals surface area contributed by atoms with Crippen molar-refractivity contribution in [2.75, 3.05) is 59.1 Å². The third-order valence-corrected chi connectivity index (χ3v) is 23.1. The quantitative estimate of drug-likeness (QED) is 0.0244. The van der Waals surface area contributed by atoms with Crippen molar-refractivity contribution in [2.24, 2.45) is 0 Å². The van der Waals surface area contributed by atoms with E-state index in [0.29, 0.717) is 51.6 Å². The third kappa shape index (κ3) is 83.7. The van der Waals surface area contributed by atoms with Gasteiger partial charge in [-0.2, -0.15) is 0 Å². The lowest BCUT2D eigenvalue weighted by molar-refractivity contribution is -0.154. The molecular weight excluding hydrogens is 1410 g/mol. The molecule has 0 amide bonds. The molecule has 0 rings (SSSR count). The van der Waals surface area contributed by atoms with Gasteiger partial charge in [-0.1, -0.05) is 311 Å². The van der Waals surface area contributed by atoms with Crippen LogP contribution in [-0.4, -0.2) is 129 Å². The fourth-order valence-electron chi connectivity index (χ4n) is 15.8. The molecule has 668 valence electrons. The van der Waals surface area contributed by atoms with Gasteiger partial charge in [0.2, 0.25) is 0 Å². The molecule has 14 heteroatoms. The molecule has 2 unspecified atom stereocenters. The van der Waals surface area contributed by atoms with E-state index in [2.05, 4.69) is 44.4 Å². The van der Waals surface area contributed by atoms with Crippen LogP contribution in [0.3, 0.4) is 0 Å². The molecule has 113 heavy (non-hydrogen) atoms. The second-order valence-electron chi connectivity index (χ2n) is 34.6. The standard InChI is InChI=1S/C99H190N2O12/c1-8-13-18-23-31-51-70-89-109-95(103)75-56-41-34-45-62-81-101(83-64-47-36-43-58-77-99(107)113-94(73-54-39-26-21-16-11-4)74-55-40-27-22-17-12-5)85-66-60-79-97(105)111-92(7)90-91(6)110-96(104)78-59-65-84-100(80-61-44-29-33-50-69-88-108-87-68-49-32-28-30-48-67-86-102)82-63-46-35-42-57-76-98(106)112-93(71-52-37-24-19-14-9-2)72-53-38-25-20-15-10-3/h86,91-94H,8-85,87-90H2,1-7H3. The van der Waals surface area contributed by atoms with Crippen LogP contribution in [0.5, 0.6) is 0 Å². The lowest BCUT2D eigenvalue weighted by Crippen LogP contribution is -2.28. The van der Waals surface area contributed by atoms with E-state index in [9.17, 15) is 28.8 Å². The molecule has 0 saturated carbocycles. The molecule has 0 aromatic heterocycles. The van der Waals surface area contributed by atoms with E-state index >= 15 is 0 Å². The number of nitrogens with zero attached hydrogens (tertiary/aromatic N) is 2. The summed E-state index contributed by atoms with van der Waals surface area (Å²) in [6.45, 7) is 23.5. The first-order valence-electron chi connectivity index (χ1n) is 49.8. The maximum Gasteiger partial charge on any atom is 0.306 e. The highest BCUT2D eigenvalue weighted by Crippen LogP contribution is 2.23. The van der Waals surface area contributed by atoms with Crippen molar-refractivity contribution in [3.8, 4) is 0 Å². The Balaban J connectivity index is 5.23. The highest BCUT2D eigenvalue weighted by molar-refractivity contribution is 5.71. The summed E-state index contributed by atoms with van der Waals surface area (Å²) < 4.78 is 35.6. The van der Waals surface area contributed by atoms with Gasteiger partial charge in [0.05, 0.1) is 6.61 Å². The Morgan fingerprint density at radius 1 is 0.248 bits per heavy atom. The number of aldehydes is 1. The number of carbonyl (C=O) groups excluding carboxylic acids is 6. The van der Waals surface area contributed by atoms with Gasteiger partial charge in [0, 0.05) is 58.2 Å². The molecule has 0 aromatic rings. The fraction of sp³-hybridized carbons (Fsp3) is 0.939. The molecule has 0 spiro atoms. The summed E-state index contributed by atoms with van der Waals surface area (Å²) in [5.41, 5.74) is 0. The largest absolute Gasteiger partial charge is 0.466 e. The number of carbonyl (C=O) groups is 6. The Morgan fingerprint density at radius 2 is 0.469 bits per heavy atom. The van der Waals surface area contributed by atoms with Crippen LogP contribution in [0.1, 0.15) is 517 Å². The minimum Gasteiger partial charge on any atom is -0.466 e. The predicted octanol–water partition coefficient (Wildman–Crippen LogP) is 28.6. The topological polar surface area (TPSA) is 164 Å².